The van der Waals surface area contributed by atoms with Gasteiger partial charge in [0.2, 0.25) is 0 Å². The van der Waals surface area contributed by atoms with E-state index in [1.165, 1.54) is 0 Å². The molecule has 4 nitrogen and oxygen atoms in total. The van der Waals surface area contributed by atoms with Gasteiger partial charge in [0.15, 0.2) is 6.61 Å². The predicted molar refractivity (Wildman–Crippen MR) is 85.1 cm³/mol. The van der Waals surface area contributed by atoms with Gasteiger partial charge in [-0.3, -0.25) is 4.79 Å². The summed E-state index contributed by atoms with van der Waals surface area (Å²) >= 11 is 3.48. The molecule has 0 aliphatic heterocycles. The molecule has 1 aromatic rings. The Morgan fingerprint density at radius 1 is 1.40 bits per heavy atom. The molecule has 0 unspecified atom stereocenters. The lowest BCUT2D eigenvalue weighted by Crippen LogP contribution is -2.30. The second-order valence-electron chi connectivity index (χ2n) is 4.73. The van der Waals surface area contributed by atoms with Crippen molar-refractivity contribution < 1.29 is 9.53 Å². The van der Waals surface area contributed by atoms with Gasteiger partial charge in [-0.05, 0) is 38.1 Å². The summed E-state index contributed by atoms with van der Waals surface area (Å²) in [5, 5.41) is 5.95. The third-order valence-corrected chi connectivity index (χ3v) is 3.34. The van der Waals surface area contributed by atoms with Crippen LogP contribution >= 0.6 is 15.9 Å². The van der Waals surface area contributed by atoms with E-state index in [-0.39, 0.29) is 12.5 Å². The van der Waals surface area contributed by atoms with Gasteiger partial charge in [-0.2, -0.15) is 0 Å². The molecule has 2 N–H and O–H groups in total. The van der Waals surface area contributed by atoms with Gasteiger partial charge in [-0.25, -0.2) is 0 Å². The third-order valence-electron chi connectivity index (χ3n) is 2.88. The van der Waals surface area contributed by atoms with E-state index in [2.05, 4.69) is 33.5 Å². The van der Waals surface area contributed by atoms with Crippen LogP contribution in [0.1, 0.15) is 30.9 Å². The summed E-state index contributed by atoms with van der Waals surface area (Å²) in [6.45, 7) is 5.55. The van der Waals surface area contributed by atoms with Crippen molar-refractivity contribution in [3.8, 4) is 5.75 Å². The van der Waals surface area contributed by atoms with Crippen molar-refractivity contribution >= 4 is 21.8 Å². The number of aryl methyl sites for hydroxylation is 1. The van der Waals surface area contributed by atoms with Crippen LogP contribution in [0.25, 0.3) is 0 Å². The standard InChI is InChI=1S/C15H23BrN2O2/c1-4-5-6-18-14(19)10-20-15-11(2)7-13(16)8-12(15)9-17-3/h7-8,17H,4-6,9-10H2,1-3H3,(H,18,19). The van der Waals surface area contributed by atoms with Gasteiger partial charge < -0.3 is 15.4 Å². The van der Waals surface area contributed by atoms with Gasteiger partial charge in [0.25, 0.3) is 5.91 Å². The summed E-state index contributed by atoms with van der Waals surface area (Å²) in [6, 6.07) is 4.00. The maximum absolute atomic E-state index is 11.7. The largest absolute Gasteiger partial charge is 0.483 e. The van der Waals surface area contributed by atoms with Crippen LogP contribution < -0.4 is 15.4 Å². The molecular weight excluding hydrogens is 320 g/mol. The summed E-state index contributed by atoms with van der Waals surface area (Å²) in [4.78, 5) is 11.7. The van der Waals surface area contributed by atoms with Crippen LogP contribution in [-0.2, 0) is 11.3 Å². The van der Waals surface area contributed by atoms with Crippen LogP contribution in [0.5, 0.6) is 5.75 Å². The van der Waals surface area contributed by atoms with Crippen molar-refractivity contribution in [2.45, 2.75) is 33.2 Å². The highest BCUT2D eigenvalue weighted by Crippen LogP contribution is 2.28. The molecule has 0 heterocycles. The summed E-state index contributed by atoms with van der Waals surface area (Å²) in [7, 11) is 1.89. The normalized spacial score (nSPS) is 10.4. The number of benzene rings is 1. The molecule has 0 fully saturated rings. The lowest BCUT2D eigenvalue weighted by molar-refractivity contribution is -0.123. The van der Waals surface area contributed by atoms with E-state index in [0.717, 1.165) is 34.2 Å². The van der Waals surface area contributed by atoms with Gasteiger partial charge in [0.1, 0.15) is 5.75 Å². The summed E-state index contributed by atoms with van der Waals surface area (Å²) in [5.74, 6) is 0.712. The average Bonchev–Trinajstić information content (AvgIpc) is 2.38. The van der Waals surface area contributed by atoms with E-state index in [4.69, 9.17) is 4.74 Å². The van der Waals surface area contributed by atoms with E-state index < -0.39 is 0 Å². The van der Waals surface area contributed by atoms with E-state index in [9.17, 15) is 4.79 Å². The topological polar surface area (TPSA) is 50.4 Å². The Balaban J connectivity index is 2.64. The van der Waals surface area contributed by atoms with Gasteiger partial charge in [0.05, 0.1) is 0 Å². The van der Waals surface area contributed by atoms with Crippen molar-refractivity contribution in [2.24, 2.45) is 0 Å². The predicted octanol–water partition coefficient (Wildman–Crippen LogP) is 2.77. The minimum Gasteiger partial charge on any atom is -0.483 e. The highest BCUT2D eigenvalue weighted by molar-refractivity contribution is 9.10. The SMILES string of the molecule is CCCCNC(=O)COc1c(C)cc(Br)cc1CNC. The summed E-state index contributed by atoms with van der Waals surface area (Å²) in [5.41, 5.74) is 2.06. The molecule has 0 aliphatic carbocycles. The Morgan fingerprint density at radius 2 is 2.15 bits per heavy atom. The first-order valence-electron chi connectivity index (χ1n) is 6.91. The second-order valence-corrected chi connectivity index (χ2v) is 5.65. The molecule has 0 aromatic heterocycles. The smallest absolute Gasteiger partial charge is 0.257 e. The Bertz CT molecular complexity index is 450. The number of carbonyl (C=O) groups excluding carboxylic acids is 1. The number of rotatable bonds is 8. The molecule has 1 amide bonds. The van der Waals surface area contributed by atoms with Gasteiger partial charge in [-0.1, -0.05) is 29.3 Å². The summed E-state index contributed by atoms with van der Waals surface area (Å²) < 4.78 is 6.71. The first-order chi connectivity index (χ1) is 9.58. The fourth-order valence-corrected chi connectivity index (χ4v) is 2.54. The van der Waals surface area contributed by atoms with E-state index in [1.54, 1.807) is 0 Å². The fourth-order valence-electron chi connectivity index (χ4n) is 1.92. The zero-order valence-electron chi connectivity index (χ0n) is 12.4. The first kappa shape index (κ1) is 17.0. The van der Waals surface area contributed by atoms with Crippen molar-refractivity contribution in [2.75, 3.05) is 20.2 Å². The number of hydrogen-bond donors (Lipinski definition) is 2. The van der Waals surface area contributed by atoms with Gasteiger partial charge in [0, 0.05) is 23.1 Å². The van der Waals surface area contributed by atoms with Crippen LogP contribution in [0.4, 0.5) is 0 Å². The molecular formula is C15H23BrN2O2. The maximum atomic E-state index is 11.7. The second kappa shape index (κ2) is 8.97. The van der Waals surface area contributed by atoms with Crippen LogP contribution in [0.3, 0.4) is 0 Å². The number of amides is 1. The molecule has 0 aliphatic rings. The lowest BCUT2D eigenvalue weighted by Gasteiger charge is -2.14. The molecule has 0 atom stereocenters. The quantitative estimate of drug-likeness (QED) is 0.714. The molecule has 5 heteroatoms. The highest BCUT2D eigenvalue weighted by Gasteiger charge is 2.10. The van der Waals surface area contributed by atoms with Crippen molar-refractivity contribution in [3.05, 3.63) is 27.7 Å². The number of carbonyl (C=O) groups is 1. The van der Waals surface area contributed by atoms with Gasteiger partial charge in [-0.15, -0.1) is 0 Å². The molecule has 0 bridgehead atoms. The van der Waals surface area contributed by atoms with Crippen LogP contribution in [0.2, 0.25) is 0 Å². The Morgan fingerprint density at radius 3 is 2.80 bits per heavy atom. The molecule has 112 valence electrons. The first-order valence-corrected chi connectivity index (χ1v) is 7.70. The fraction of sp³-hybridized carbons (Fsp3) is 0.533. The monoisotopic (exact) mass is 342 g/mol. The van der Waals surface area contributed by atoms with Crippen molar-refractivity contribution in [3.63, 3.8) is 0 Å². The zero-order chi connectivity index (χ0) is 15.0. The molecule has 0 saturated heterocycles. The van der Waals surface area contributed by atoms with Crippen LogP contribution in [-0.4, -0.2) is 26.1 Å². The van der Waals surface area contributed by atoms with Gasteiger partial charge >= 0.3 is 0 Å². The number of halogens is 1. The van der Waals surface area contributed by atoms with Crippen molar-refractivity contribution in [1.29, 1.82) is 0 Å². The summed E-state index contributed by atoms with van der Waals surface area (Å²) in [6.07, 6.45) is 2.06. The highest BCUT2D eigenvalue weighted by atomic mass is 79.9. The van der Waals surface area contributed by atoms with E-state index >= 15 is 0 Å². The maximum Gasteiger partial charge on any atom is 0.257 e. The average molecular weight is 343 g/mol. The van der Waals surface area contributed by atoms with Crippen LogP contribution in [0.15, 0.2) is 16.6 Å². The minimum atomic E-state index is -0.0730. The third kappa shape index (κ3) is 5.51. The number of hydrogen-bond acceptors (Lipinski definition) is 3. The Labute approximate surface area is 129 Å². The molecule has 0 saturated carbocycles. The van der Waals surface area contributed by atoms with Crippen molar-refractivity contribution in [1.82, 2.24) is 10.6 Å². The molecule has 20 heavy (non-hydrogen) atoms. The zero-order valence-corrected chi connectivity index (χ0v) is 14.0. The lowest BCUT2D eigenvalue weighted by atomic mass is 10.1. The van der Waals surface area contributed by atoms with Crippen LogP contribution in [0, 0.1) is 6.92 Å². The number of ether oxygens (including phenoxy) is 1. The number of unbranched alkanes of at least 4 members (excludes halogenated alkanes) is 1. The molecule has 0 spiro atoms. The minimum absolute atomic E-state index is 0.0584. The molecule has 0 radical (unpaired) electrons. The van der Waals surface area contributed by atoms with E-state index in [0.29, 0.717) is 13.1 Å². The Kier molecular flexibility index (Phi) is 7.62. The van der Waals surface area contributed by atoms with E-state index in [1.807, 2.05) is 26.1 Å². The molecule has 1 rings (SSSR count). The Hall–Kier alpha value is -1.07. The number of nitrogens with one attached hydrogen (secondary N) is 2. The molecule has 1 aromatic carbocycles.